The number of benzene rings is 1. The van der Waals surface area contributed by atoms with E-state index in [2.05, 4.69) is 10.1 Å². The van der Waals surface area contributed by atoms with E-state index in [0.29, 0.717) is 12.8 Å². The molecule has 0 atom stereocenters. The Morgan fingerprint density at radius 2 is 1.84 bits per heavy atom. The Morgan fingerprint density at radius 1 is 1.16 bits per heavy atom. The van der Waals surface area contributed by atoms with Crippen LogP contribution in [0.2, 0.25) is 0 Å². The lowest BCUT2D eigenvalue weighted by Crippen LogP contribution is -2.48. The third-order valence-corrected chi connectivity index (χ3v) is 4.81. The molecular formula is C19H24FN3O2. The molecule has 5 nitrogen and oxygen atoms in total. The van der Waals surface area contributed by atoms with Crippen molar-refractivity contribution in [2.45, 2.75) is 33.2 Å². The summed E-state index contributed by atoms with van der Waals surface area (Å²) in [5.41, 5.74) is 3.01. The van der Waals surface area contributed by atoms with Crippen molar-refractivity contribution in [3.63, 3.8) is 0 Å². The van der Waals surface area contributed by atoms with Gasteiger partial charge in [0.2, 0.25) is 5.91 Å². The van der Waals surface area contributed by atoms with E-state index in [4.69, 9.17) is 4.52 Å². The molecule has 0 bridgehead atoms. The zero-order valence-electron chi connectivity index (χ0n) is 14.8. The molecule has 0 radical (unpaired) electrons. The van der Waals surface area contributed by atoms with Crippen LogP contribution in [0, 0.1) is 19.7 Å². The predicted molar refractivity (Wildman–Crippen MR) is 92.6 cm³/mol. The van der Waals surface area contributed by atoms with E-state index < -0.39 is 0 Å². The fourth-order valence-corrected chi connectivity index (χ4v) is 3.25. The van der Waals surface area contributed by atoms with Crippen LogP contribution in [0.15, 0.2) is 28.8 Å². The van der Waals surface area contributed by atoms with Crippen LogP contribution < -0.4 is 0 Å². The van der Waals surface area contributed by atoms with E-state index in [-0.39, 0.29) is 11.7 Å². The molecular weight excluding hydrogens is 321 g/mol. The van der Waals surface area contributed by atoms with E-state index >= 15 is 0 Å². The van der Waals surface area contributed by atoms with Crippen LogP contribution in [0.5, 0.6) is 0 Å². The SMILES string of the molecule is Cc1noc(C)c1CCC(=O)N1CCN(Cc2ccc(F)cc2)CC1. The topological polar surface area (TPSA) is 49.6 Å². The monoisotopic (exact) mass is 345 g/mol. The van der Waals surface area contributed by atoms with Crippen LogP contribution >= 0.6 is 0 Å². The van der Waals surface area contributed by atoms with Gasteiger partial charge in [0.1, 0.15) is 11.6 Å². The van der Waals surface area contributed by atoms with Crippen LogP contribution in [0.1, 0.15) is 29.0 Å². The summed E-state index contributed by atoms with van der Waals surface area (Å²) in [6, 6.07) is 6.61. The van der Waals surface area contributed by atoms with Gasteiger partial charge in [-0.05, 0) is 38.0 Å². The number of hydrogen-bond acceptors (Lipinski definition) is 4. The molecule has 6 heteroatoms. The number of nitrogens with zero attached hydrogens (tertiary/aromatic N) is 3. The number of carbonyl (C=O) groups excluding carboxylic acids is 1. The first-order valence-corrected chi connectivity index (χ1v) is 8.69. The van der Waals surface area contributed by atoms with Crippen molar-refractivity contribution in [3.05, 3.63) is 52.7 Å². The Labute approximate surface area is 147 Å². The first-order chi connectivity index (χ1) is 12.0. The molecule has 2 aromatic rings. The van der Waals surface area contributed by atoms with Gasteiger partial charge in [0.05, 0.1) is 5.69 Å². The van der Waals surface area contributed by atoms with Crippen LogP contribution in [-0.2, 0) is 17.8 Å². The highest BCUT2D eigenvalue weighted by Crippen LogP contribution is 2.16. The Balaban J connectivity index is 1.45. The lowest BCUT2D eigenvalue weighted by molar-refractivity contribution is -0.133. The highest BCUT2D eigenvalue weighted by atomic mass is 19.1. The summed E-state index contributed by atoms with van der Waals surface area (Å²) >= 11 is 0. The number of hydrogen-bond donors (Lipinski definition) is 0. The Bertz CT molecular complexity index is 699. The van der Waals surface area contributed by atoms with Crippen molar-refractivity contribution < 1.29 is 13.7 Å². The fourth-order valence-electron chi connectivity index (χ4n) is 3.25. The molecule has 1 saturated heterocycles. The summed E-state index contributed by atoms with van der Waals surface area (Å²) in [6.07, 6.45) is 1.16. The van der Waals surface area contributed by atoms with E-state index in [0.717, 1.165) is 55.3 Å². The van der Waals surface area contributed by atoms with Gasteiger partial charge in [0, 0.05) is 44.7 Å². The number of piperazine rings is 1. The maximum absolute atomic E-state index is 13.0. The Morgan fingerprint density at radius 3 is 2.44 bits per heavy atom. The second-order valence-corrected chi connectivity index (χ2v) is 6.59. The zero-order chi connectivity index (χ0) is 17.8. The van der Waals surface area contributed by atoms with Gasteiger partial charge in [-0.15, -0.1) is 0 Å². The molecule has 1 aliphatic rings. The second-order valence-electron chi connectivity index (χ2n) is 6.59. The molecule has 1 amide bonds. The van der Waals surface area contributed by atoms with Crippen molar-refractivity contribution in [3.8, 4) is 0 Å². The van der Waals surface area contributed by atoms with Gasteiger partial charge in [0.15, 0.2) is 0 Å². The van der Waals surface area contributed by atoms with Crippen LogP contribution in [0.3, 0.4) is 0 Å². The predicted octanol–water partition coefficient (Wildman–Crippen LogP) is 2.71. The van der Waals surface area contributed by atoms with E-state index in [1.165, 1.54) is 12.1 Å². The molecule has 1 aliphatic heterocycles. The van der Waals surface area contributed by atoms with Crippen LogP contribution in [-0.4, -0.2) is 47.0 Å². The van der Waals surface area contributed by atoms with E-state index in [1.807, 2.05) is 30.9 Å². The average Bonchev–Trinajstić information content (AvgIpc) is 2.93. The maximum atomic E-state index is 13.0. The normalized spacial score (nSPS) is 15.6. The van der Waals surface area contributed by atoms with Crippen molar-refractivity contribution >= 4 is 5.91 Å². The molecule has 0 aliphatic carbocycles. The highest BCUT2D eigenvalue weighted by Gasteiger charge is 2.21. The van der Waals surface area contributed by atoms with Gasteiger partial charge in [-0.3, -0.25) is 9.69 Å². The van der Waals surface area contributed by atoms with Gasteiger partial charge in [-0.2, -0.15) is 0 Å². The Kier molecular flexibility index (Phi) is 5.48. The molecule has 3 rings (SSSR count). The first kappa shape index (κ1) is 17.6. The number of rotatable bonds is 5. The third kappa shape index (κ3) is 4.45. The zero-order valence-corrected chi connectivity index (χ0v) is 14.8. The smallest absolute Gasteiger partial charge is 0.222 e. The molecule has 0 N–H and O–H groups in total. The summed E-state index contributed by atoms with van der Waals surface area (Å²) < 4.78 is 18.1. The van der Waals surface area contributed by atoms with Crippen molar-refractivity contribution in [2.75, 3.05) is 26.2 Å². The number of aromatic nitrogens is 1. The maximum Gasteiger partial charge on any atom is 0.222 e. The molecule has 1 aromatic carbocycles. The second kappa shape index (κ2) is 7.78. The number of amides is 1. The molecule has 1 fully saturated rings. The van der Waals surface area contributed by atoms with Crippen molar-refractivity contribution in [1.82, 2.24) is 15.0 Å². The molecule has 0 saturated carbocycles. The standard InChI is InChI=1S/C19H24FN3O2/c1-14-18(15(2)25-21-14)7-8-19(24)23-11-9-22(10-12-23)13-16-3-5-17(20)6-4-16/h3-6H,7-13H2,1-2H3. The van der Waals surface area contributed by atoms with Crippen molar-refractivity contribution in [2.24, 2.45) is 0 Å². The fraction of sp³-hybridized carbons (Fsp3) is 0.474. The van der Waals surface area contributed by atoms with Crippen molar-refractivity contribution in [1.29, 1.82) is 0 Å². The van der Waals surface area contributed by atoms with E-state index in [1.54, 1.807) is 0 Å². The molecule has 2 heterocycles. The number of carbonyl (C=O) groups is 1. The quantitative estimate of drug-likeness (QED) is 0.836. The van der Waals surface area contributed by atoms with Gasteiger partial charge in [-0.25, -0.2) is 4.39 Å². The van der Waals surface area contributed by atoms with Crippen LogP contribution in [0.25, 0.3) is 0 Å². The summed E-state index contributed by atoms with van der Waals surface area (Å²) in [6.45, 7) is 7.74. The first-order valence-electron chi connectivity index (χ1n) is 8.69. The van der Waals surface area contributed by atoms with E-state index in [9.17, 15) is 9.18 Å². The summed E-state index contributed by atoms with van der Waals surface area (Å²) in [5.74, 6) is 0.772. The minimum Gasteiger partial charge on any atom is -0.361 e. The summed E-state index contributed by atoms with van der Waals surface area (Å²) in [5, 5.41) is 3.93. The molecule has 25 heavy (non-hydrogen) atoms. The molecule has 134 valence electrons. The van der Waals surface area contributed by atoms with Gasteiger partial charge < -0.3 is 9.42 Å². The largest absolute Gasteiger partial charge is 0.361 e. The Hall–Kier alpha value is -2.21. The highest BCUT2D eigenvalue weighted by molar-refractivity contribution is 5.76. The number of aryl methyl sites for hydroxylation is 2. The molecule has 0 spiro atoms. The lowest BCUT2D eigenvalue weighted by Gasteiger charge is -2.34. The minimum atomic E-state index is -0.211. The summed E-state index contributed by atoms with van der Waals surface area (Å²) in [7, 11) is 0. The average molecular weight is 345 g/mol. The third-order valence-electron chi connectivity index (χ3n) is 4.81. The molecule has 0 unspecified atom stereocenters. The van der Waals surface area contributed by atoms with Gasteiger partial charge >= 0.3 is 0 Å². The van der Waals surface area contributed by atoms with Gasteiger partial charge in [-0.1, -0.05) is 17.3 Å². The van der Waals surface area contributed by atoms with Gasteiger partial charge in [0.25, 0.3) is 0 Å². The number of halogens is 1. The lowest BCUT2D eigenvalue weighted by atomic mass is 10.1. The molecule has 1 aromatic heterocycles. The summed E-state index contributed by atoms with van der Waals surface area (Å²) in [4.78, 5) is 16.7. The minimum absolute atomic E-state index is 0.182. The van der Waals surface area contributed by atoms with Crippen LogP contribution in [0.4, 0.5) is 4.39 Å².